The monoisotopic (exact) mass is 191 g/mol. The molecule has 0 bridgehead atoms. The minimum Gasteiger partial charge on any atom is -0.347 e. The van der Waals surface area contributed by atoms with Crippen molar-refractivity contribution < 1.29 is 4.39 Å². The average Bonchev–Trinajstić information content (AvgIpc) is 2.45. The number of nitrogens with zero attached hydrogens (tertiary/aromatic N) is 1. The molecule has 0 fully saturated rings. The van der Waals surface area contributed by atoms with Gasteiger partial charge < -0.3 is 4.57 Å². The van der Waals surface area contributed by atoms with Crippen molar-refractivity contribution >= 4 is 10.9 Å². The number of fused-ring (bicyclic) bond motifs is 1. The highest BCUT2D eigenvalue weighted by atomic mass is 19.1. The number of hydrogen-bond donors (Lipinski definition) is 0. The zero-order chi connectivity index (χ0) is 10.3. The molecule has 0 aliphatic carbocycles. The molecule has 0 atom stereocenters. The van der Waals surface area contributed by atoms with Crippen LogP contribution in [0, 0.1) is 19.7 Å². The quantitative estimate of drug-likeness (QED) is 0.651. The highest BCUT2D eigenvalue weighted by Gasteiger charge is 2.07. The minimum atomic E-state index is -0.120. The van der Waals surface area contributed by atoms with Crippen molar-refractivity contribution in [3.63, 3.8) is 0 Å². The van der Waals surface area contributed by atoms with Gasteiger partial charge in [0, 0.05) is 18.1 Å². The van der Waals surface area contributed by atoms with Crippen LogP contribution in [-0.2, 0) is 6.54 Å². The van der Waals surface area contributed by atoms with Crippen LogP contribution in [0.5, 0.6) is 0 Å². The molecule has 0 aliphatic heterocycles. The van der Waals surface area contributed by atoms with Gasteiger partial charge in [-0.1, -0.05) is 0 Å². The molecule has 0 saturated carbocycles. The number of rotatable bonds is 1. The van der Waals surface area contributed by atoms with E-state index in [1.807, 2.05) is 6.07 Å². The molecule has 74 valence electrons. The first-order valence-corrected chi connectivity index (χ1v) is 4.89. The third kappa shape index (κ3) is 1.22. The number of aryl methyl sites for hydroxylation is 3. The Kier molecular flexibility index (Phi) is 2.06. The maximum absolute atomic E-state index is 13.4. The Labute approximate surface area is 83.2 Å². The Morgan fingerprint density at radius 1 is 1.21 bits per heavy atom. The summed E-state index contributed by atoms with van der Waals surface area (Å²) >= 11 is 0. The van der Waals surface area contributed by atoms with E-state index >= 15 is 0 Å². The first-order valence-electron chi connectivity index (χ1n) is 4.89. The van der Waals surface area contributed by atoms with E-state index in [0.29, 0.717) is 0 Å². The Hall–Kier alpha value is -1.31. The van der Waals surface area contributed by atoms with Gasteiger partial charge in [0.1, 0.15) is 5.82 Å². The predicted octanol–water partition coefficient (Wildman–Crippen LogP) is 3.42. The summed E-state index contributed by atoms with van der Waals surface area (Å²) < 4.78 is 15.4. The summed E-state index contributed by atoms with van der Waals surface area (Å²) in [4.78, 5) is 0. The van der Waals surface area contributed by atoms with Gasteiger partial charge in [-0.25, -0.2) is 4.39 Å². The van der Waals surface area contributed by atoms with Crippen LogP contribution in [0.15, 0.2) is 18.3 Å². The Bertz CT molecular complexity index is 483. The molecule has 1 nitrogen and oxygen atoms in total. The lowest BCUT2D eigenvalue weighted by Crippen LogP contribution is -1.91. The molecule has 1 heterocycles. The van der Waals surface area contributed by atoms with Gasteiger partial charge in [0.15, 0.2) is 0 Å². The van der Waals surface area contributed by atoms with Gasteiger partial charge in [0.2, 0.25) is 0 Å². The van der Waals surface area contributed by atoms with Gasteiger partial charge in [-0.2, -0.15) is 0 Å². The van der Waals surface area contributed by atoms with Crippen LogP contribution in [0.25, 0.3) is 10.9 Å². The van der Waals surface area contributed by atoms with Crippen molar-refractivity contribution in [1.29, 1.82) is 0 Å². The van der Waals surface area contributed by atoms with E-state index in [4.69, 9.17) is 0 Å². The second kappa shape index (κ2) is 3.12. The summed E-state index contributed by atoms with van der Waals surface area (Å²) in [5, 5.41) is 1.16. The molecule has 2 aromatic rings. The van der Waals surface area contributed by atoms with Gasteiger partial charge in [-0.05, 0) is 44.0 Å². The van der Waals surface area contributed by atoms with Crippen molar-refractivity contribution in [2.45, 2.75) is 27.3 Å². The summed E-state index contributed by atoms with van der Waals surface area (Å²) in [6.45, 7) is 6.81. The summed E-state index contributed by atoms with van der Waals surface area (Å²) in [5.41, 5.74) is 2.92. The maximum Gasteiger partial charge on any atom is 0.128 e. The summed E-state index contributed by atoms with van der Waals surface area (Å²) in [6.07, 6.45) is 2.07. The smallest absolute Gasteiger partial charge is 0.128 e. The molecule has 0 radical (unpaired) electrons. The normalized spacial score (nSPS) is 11.1. The first kappa shape index (κ1) is 9.25. The van der Waals surface area contributed by atoms with E-state index in [1.54, 1.807) is 13.0 Å². The second-order valence-electron chi connectivity index (χ2n) is 3.72. The van der Waals surface area contributed by atoms with Crippen LogP contribution in [-0.4, -0.2) is 4.57 Å². The van der Waals surface area contributed by atoms with Crippen LogP contribution >= 0.6 is 0 Å². The third-order valence-electron chi connectivity index (χ3n) is 2.70. The van der Waals surface area contributed by atoms with Gasteiger partial charge >= 0.3 is 0 Å². The molecule has 2 rings (SSSR count). The van der Waals surface area contributed by atoms with Crippen LogP contribution in [0.1, 0.15) is 18.1 Å². The molecule has 0 N–H and O–H groups in total. The van der Waals surface area contributed by atoms with Gasteiger partial charge in [-0.3, -0.25) is 0 Å². The van der Waals surface area contributed by atoms with Crippen LogP contribution in [0.4, 0.5) is 4.39 Å². The molecule has 1 aromatic heterocycles. The summed E-state index contributed by atoms with van der Waals surface area (Å²) in [6, 6.07) is 3.55. The van der Waals surface area contributed by atoms with Crippen LogP contribution in [0.3, 0.4) is 0 Å². The fourth-order valence-electron chi connectivity index (χ4n) is 1.86. The molecule has 0 aliphatic rings. The van der Waals surface area contributed by atoms with E-state index < -0.39 is 0 Å². The number of aromatic nitrogens is 1. The first-order chi connectivity index (χ1) is 6.63. The van der Waals surface area contributed by atoms with Gasteiger partial charge in [0.05, 0.1) is 5.52 Å². The zero-order valence-corrected chi connectivity index (χ0v) is 8.76. The van der Waals surface area contributed by atoms with Gasteiger partial charge in [0.25, 0.3) is 0 Å². The van der Waals surface area contributed by atoms with Crippen molar-refractivity contribution in [2.75, 3.05) is 0 Å². The third-order valence-corrected chi connectivity index (χ3v) is 2.70. The highest BCUT2D eigenvalue weighted by molar-refractivity contribution is 5.84. The van der Waals surface area contributed by atoms with Crippen molar-refractivity contribution in [3.05, 3.63) is 35.3 Å². The molecular weight excluding hydrogens is 177 g/mol. The van der Waals surface area contributed by atoms with E-state index in [1.165, 1.54) is 5.56 Å². The maximum atomic E-state index is 13.4. The average molecular weight is 191 g/mol. The number of benzene rings is 1. The summed E-state index contributed by atoms with van der Waals surface area (Å²) in [7, 11) is 0. The highest BCUT2D eigenvalue weighted by Crippen LogP contribution is 2.23. The Morgan fingerprint density at radius 3 is 2.57 bits per heavy atom. The minimum absolute atomic E-state index is 0.120. The van der Waals surface area contributed by atoms with Crippen molar-refractivity contribution in [2.24, 2.45) is 0 Å². The lowest BCUT2D eigenvalue weighted by Gasteiger charge is -2.01. The second-order valence-corrected chi connectivity index (χ2v) is 3.72. The molecule has 1 aromatic carbocycles. The van der Waals surface area contributed by atoms with Crippen LogP contribution < -0.4 is 0 Å². The van der Waals surface area contributed by atoms with E-state index in [0.717, 1.165) is 23.0 Å². The number of hydrogen-bond acceptors (Lipinski definition) is 0. The Balaban J connectivity index is 2.84. The molecule has 0 unspecified atom stereocenters. The molecule has 0 saturated heterocycles. The number of halogens is 1. The van der Waals surface area contributed by atoms with Gasteiger partial charge in [-0.15, -0.1) is 0 Å². The largest absolute Gasteiger partial charge is 0.347 e. The summed E-state index contributed by atoms with van der Waals surface area (Å²) in [5.74, 6) is -0.120. The van der Waals surface area contributed by atoms with E-state index in [9.17, 15) is 4.39 Å². The van der Waals surface area contributed by atoms with Crippen molar-refractivity contribution in [3.8, 4) is 0 Å². The fourth-order valence-corrected chi connectivity index (χ4v) is 1.86. The molecule has 0 amide bonds. The molecule has 2 heteroatoms. The molecule has 14 heavy (non-hydrogen) atoms. The Morgan fingerprint density at radius 2 is 1.93 bits per heavy atom. The van der Waals surface area contributed by atoms with E-state index in [-0.39, 0.29) is 5.82 Å². The SMILES string of the molecule is CCn1cc(C)c2cc(C)c(F)cc21. The lowest BCUT2D eigenvalue weighted by atomic mass is 10.1. The molecule has 0 spiro atoms. The lowest BCUT2D eigenvalue weighted by molar-refractivity contribution is 0.619. The van der Waals surface area contributed by atoms with Crippen LogP contribution in [0.2, 0.25) is 0 Å². The predicted molar refractivity (Wildman–Crippen MR) is 57.0 cm³/mol. The van der Waals surface area contributed by atoms with Crippen molar-refractivity contribution in [1.82, 2.24) is 4.57 Å². The topological polar surface area (TPSA) is 4.93 Å². The molecular formula is C12H14FN. The zero-order valence-electron chi connectivity index (χ0n) is 8.76. The standard InChI is InChI=1S/C12H14FN/c1-4-14-7-9(3)10-5-8(2)11(13)6-12(10)14/h5-7H,4H2,1-3H3. The van der Waals surface area contributed by atoms with E-state index in [2.05, 4.69) is 24.6 Å². The fraction of sp³-hybridized carbons (Fsp3) is 0.333.